The summed E-state index contributed by atoms with van der Waals surface area (Å²) >= 11 is 5.89. The highest BCUT2D eigenvalue weighted by molar-refractivity contribution is 6.30. The predicted octanol–water partition coefficient (Wildman–Crippen LogP) is 1.83. The summed E-state index contributed by atoms with van der Waals surface area (Å²) in [6.07, 6.45) is 4.71. The summed E-state index contributed by atoms with van der Waals surface area (Å²) in [7, 11) is 0. The van der Waals surface area contributed by atoms with E-state index < -0.39 is 5.91 Å². The predicted molar refractivity (Wildman–Crippen MR) is 64.5 cm³/mol. The van der Waals surface area contributed by atoms with Crippen LogP contribution in [0.3, 0.4) is 0 Å². The molecule has 0 aliphatic carbocycles. The zero-order valence-corrected chi connectivity index (χ0v) is 9.56. The molecular weight excluding hydrogens is 238 g/mol. The quantitative estimate of drug-likeness (QED) is 0.898. The number of hydrogen-bond donors (Lipinski definition) is 1. The number of benzene rings is 1. The van der Waals surface area contributed by atoms with Crippen LogP contribution in [0.4, 0.5) is 0 Å². The molecule has 0 aliphatic rings. The maximum Gasteiger partial charge on any atom is 0.249 e. The molecule has 1 aromatic heterocycles. The molecule has 0 unspecified atom stereocenters. The van der Waals surface area contributed by atoms with E-state index in [0.29, 0.717) is 16.8 Å². The topological polar surface area (TPSA) is 68.9 Å². The monoisotopic (exact) mass is 246 g/mol. The van der Waals surface area contributed by atoms with Crippen LogP contribution in [0.25, 0.3) is 0 Å². The maximum atomic E-state index is 11.2. The van der Waals surface area contributed by atoms with Gasteiger partial charge in [-0.25, -0.2) is 4.98 Å². The van der Waals surface area contributed by atoms with E-state index in [9.17, 15) is 4.79 Å². The van der Waals surface area contributed by atoms with Crippen molar-refractivity contribution in [3.05, 3.63) is 65.1 Å². The molecule has 4 nitrogen and oxygen atoms in total. The first-order chi connectivity index (χ1) is 8.18. The van der Waals surface area contributed by atoms with E-state index >= 15 is 0 Å². The van der Waals surface area contributed by atoms with Crippen LogP contribution >= 0.6 is 11.6 Å². The minimum Gasteiger partial charge on any atom is -0.366 e. The Morgan fingerprint density at radius 2 is 1.94 bits per heavy atom. The van der Waals surface area contributed by atoms with Crippen LogP contribution in [0, 0.1) is 6.42 Å². The molecule has 0 spiro atoms. The van der Waals surface area contributed by atoms with Gasteiger partial charge >= 0.3 is 0 Å². The Labute approximate surface area is 103 Å². The molecule has 0 fully saturated rings. The van der Waals surface area contributed by atoms with Crippen LogP contribution in [0.1, 0.15) is 21.6 Å². The van der Waals surface area contributed by atoms with Crippen LogP contribution < -0.4 is 5.73 Å². The minimum atomic E-state index is -0.489. The normalized spacial score (nSPS) is 10.2. The molecule has 0 saturated heterocycles. The van der Waals surface area contributed by atoms with Gasteiger partial charge < -0.3 is 5.73 Å². The van der Waals surface area contributed by atoms with Gasteiger partial charge in [-0.05, 0) is 11.6 Å². The summed E-state index contributed by atoms with van der Waals surface area (Å²) in [5.74, 6) is -0.489. The summed E-state index contributed by atoms with van der Waals surface area (Å²) in [6.45, 7) is 0. The largest absolute Gasteiger partial charge is 0.366 e. The van der Waals surface area contributed by atoms with Gasteiger partial charge in [-0.15, -0.1) is 0 Å². The number of aromatic nitrogens is 2. The van der Waals surface area contributed by atoms with Crippen molar-refractivity contribution in [2.24, 2.45) is 5.73 Å². The molecule has 0 aliphatic heterocycles. The van der Waals surface area contributed by atoms with Crippen molar-refractivity contribution in [2.45, 2.75) is 0 Å². The highest BCUT2D eigenvalue weighted by atomic mass is 35.5. The van der Waals surface area contributed by atoms with Gasteiger partial charge in [0.05, 0.1) is 5.69 Å². The maximum absolute atomic E-state index is 11.2. The fraction of sp³-hybridized carbons (Fsp3) is 0. The highest BCUT2D eigenvalue weighted by Crippen LogP contribution is 2.18. The molecule has 1 aromatic carbocycles. The lowest BCUT2D eigenvalue weighted by Gasteiger charge is -2.06. The van der Waals surface area contributed by atoms with Gasteiger partial charge in [-0.3, -0.25) is 9.78 Å². The van der Waals surface area contributed by atoms with E-state index in [1.807, 2.05) is 6.07 Å². The number of halogens is 1. The molecule has 0 atom stereocenters. The lowest BCUT2D eigenvalue weighted by molar-refractivity contribution is 0.1000. The summed E-state index contributed by atoms with van der Waals surface area (Å²) in [5.41, 5.74) is 6.88. The number of primary amides is 1. The molecule has 1 amide bonds. The molecule has 85 valence electrons. The summed E-state index contributed by atoms with van der Waals surface area (Å²) in [6, 6.07) is 6.97. The van der Waals surface area contributed by atoms with Gasteiger partial charge in [0.1, 0.15) is 0 Å². The Bertz CT molecular complexity index is 557. The first kappa shape index (κ1) is 11.5. The van der Waals surface area contributed by atoms with Gasteiger partial charge in [-0.1, -0.05) is 29.8 Å². The number of nitrogens with zero attached hydrogens (tertiary/aromatic N) is 2. The van der Waals surface area contributed by atoms with Crippen molar-refractivity contribution in [1.29, 1.82) is 0 Å². The third-order valence-electron chi connectivity index (χ3n) is 2.20. The molecule has 1 heterocycles. The third-order valence-corrected chi connectivity index (χ3v) is 2.49. The second-order valence-corrected chi connectivity index (χ2v) is 3.69. The van der Waals surface area contributed by atoms with Crippen molar-refractivity contribution in [3.8, 4) is 0 Å². The van der Waals surface area contributed by atoms with E-state index in [-0.39, 0.29) is 5.15 Å². The fourth-order valence-corrected chi connectivity index (χ4v) is 1.58. The van der Waals surface area contributed by atoms with Gasteiger partial charge in [-0.2, -0.15) is 0 Å². The Morgan fingerprint density at radius 3 is 2.65 bits per heavy atom. The second-order valence-electron chi connectivity index (χ2n) is 3.33. The fourth-order valence-electron chi connectivity index (χ4n) is 1.42. The molecular formula is C12H9ClN3O. The Kier molecular flexibility index (Phi) is 3.35. The molecule has 2 aromatic rings. The first-order valence-corrected chi connectivity index (χ1v) is 5.26. The smallest absolute Gasteiger partial charge is 0.249 e. The van der Waals surface area contributed by atoms with Crippen LogP contribution in [-0.4, -0.2) is 15.9 Å². The van der Waals surface area contributed by atoms with Gasteiger partial charge in [0.25, 0.3) is 0 Å². The average molecular weight is 247 g/mol. The lowest BCUT2D eigenvalue weighted by atomic mass is 10.0. The van der Waals surface area contributed by atoms with Gasteiger partial charge in [0.2, 0.25) is 5.91 Å². The minimum absolute atomic E-state index is 0.284. The van der Waals surface area contributed by atoms with Crippen LogP contribution in [0.15, 0.2) is 36.7 Å². The van der Waals surface area contributed by atoms with Gasteiger partial charge in [0.15, 0.2) is 5.15 Å². The van der Waals surface area contributed by atoms with Crippen LogP contribution in [-0.2, 0) is 0 Å². The second kappa shape index (κ2) is 4.93. The Hall–Kier alpha value is -1.94. The standard InChI is InChI=1S/C12H9ClN3O/c13-11-10(15-5-6-16-11)7-8-3-1-2-4-9(8)12(14)17/h1-7H,(H2,14,17). The molecule has 1 radical (unpaired) electrons. The summed E-state index contributed by atoms with van der Waals surface area (Å²) < 4.78 is 0. The third kappa shape index (κ3) is 2.60. The van der Waals surface area contributed by atoms with E-state index in [4.69, 9.17) is 17.3 Å². The van der Waals surface area contributed by atoms with Crippen molar-refractivity contribution in [3.63, 3.8) is 0 Å². The zero-order chi connectivity index (χ0) is 12.3. The van der Waals surface area contributed by atoms with Crippen molar-refractivity contribution in [1.82, 2.24) is 9.97 Å². The van der Waals surface area contributed by atoms with E-state index in [2.05, 4.69) is 9.97 Å². The Morgan fingerprint density at radius 1 is 1.24 bits per heavy atom. The molecule has 5 heteroatoms. The molecule has 17 heavy (non-hydrogen) atoms. The van der Waals surface area contributed by atoms with Gasteiger partial charge in [0, 0.05) is 24.4 Å². The first-order valence-electron chi connectivity index (χ1n) is 4.88. The average Bonchev–Trinajstić information content (AvgIpc) is 2.32. The summed E-state index contributed by atoms with van der Waals surface area (Å²) in [4.78, 5) is 19.2. The van der Waals surface area contributed by atoms with Crippen LogP contribution in [0.5, 0.6) is 0 Å². The molecule has 2 N–H and O–H groups in total. The number of rotatable bonds is 3. The zero-order valence-electron chi connectivity index (χ0n) is 8.80. The van der Waals surface area contributed by atoms with E-state index in [1.54, 1.807) is 24.6 Å². The SMILES string of the molecule is NC(=O)c1ccccc1[CH]c1nccnc1Cl. The number of amides is 1. The van der Waals surface area contributed by atoms with Crippen LogP contribution in [0.2, 0.25) is 5.15 Å². The number of carbonyl (C=O) groups excluding carboxylic acids is 1. The Balaban J connectivity index is 2.37. The van der Waals surface area contributed by atoms with Crippen molar-refractivity contribution in [2.75, 3.05) is 0 Å². The van der Waals surface area contributed by atoms with E-state index in [0.717, 1.165) is 0 Å². The highest BCUT2D eigenvalue weighted by Gasteiger charge is 2.10. The lowest BCUT2D eigenvalue weighted by Crippen LogP contribution is -2.13. The number of hydrogen-bond acceptors (Lipinski definition) is 3. The number of carbonyl (C=O) groups is 1. The van der Waals surface area contributed by atoms with Crippen molar-refractivity contribution < 1.29 is 4.79 Å². The van der Waals surface area contributed by atoms with E-state index in [1.165, 1.54) is 12.4 Å². The summed E-state index contributed by atoms with van der Waals surface area (Å²) in [5, 5.41) is 0.284. The molecule has 0 bridgehead atoms. The molecule has 2 rings (SSSR count). The molecule has 0 saturated carbocycles. The number of nitrogens with two attached hydrogens (primary N) is 1. The van der Waals surface area contributed by atoms with Crippen molar-refractivity contribution >= 4 is 17.5 Å².